The first kappa shape index (κ1) is 22.4. The lowest BCUT2D eigenvalue weighted by Gasteiger charge is -2.22. The fourth-order valence-electron chi connectivity index (χ4n) is 3.09. The van der Waals surface area contributed by atoms with Gasteiger partial charge >= 0.3 is 0 Å². The number of rotatable bonds is 7. The number of aromatic nitrogens is 2. The van der Waals surface area contributed by atoms with E-state index in [2.05, 4.69) is 21.0 Å². The molecule has 1 atom stereocenters. The molecular formula is C19H25ClN6O3. The summed E-state index contributed by atoms with van der Waals surface area (Å²) in [6.07, 6.45) is 3.94. The summed E-state index contributed by atoms with van der Waals surface area (Å²) in [5, 5.41) is 13.1. The molecule has 0 saturated carbocycles. The molecule has 0 spiro atoms. The molecular weight excluding hydrogens is 396 g/mol. The number of benzene rings is 1. The zero-order valence-corrected chi connectivity index (χ0v) is 16.7. The largest absolute Gasteiger partial charge is 0.370 e. The Morgan fingerprint density at radius 1 is 1.21 bits per heavy atom. The first-order chi connectivity index (χ1) is 13.5. The summed E-state index contributed by atoms with van der Waals surface area (Å²) >= 11 is 0. The van der Waals surface area contributed by atoms with E-state index in [9.17, 15) is 14.4 Å². The Labute approximate surface area is 174 Å². The number of halogens is 1. The molecule has 3 rings (SSSR count). The number of hydrogen-bond acceptors (Lipinski definition) is 5. The van der Waals surface area contributed by atoms with E-state index in [4.69, 9.17) is 5.73 Å². The number of amides is 3. The van der Waals surface area contributed by atoms with Gasteiger partial charge in [-0.25, -0.2) is 0 Å². The van der Waals surface area contributed by atoms with Gasteiger partial charge in [-0.1, -0.05) is 12.1 Å². The highest BCUT2D eigenvalue weighted by Crippen LogP contribution is 2.18. The minimum atomic E-state index is -0.495. The summed E-state index contributed by atoms with van der Waals surface area (Å²) < 4.78 is 1.81. The van der Waals surface area contributed by atoms with Gasteiger partial charge in [0.05, 0.1) is 17.3 Å². The minimum absolute atomic E-state index is 0. The number of primary amides is 1. The standard InChI is InChI=1S/C19H24N6O3.ClH/c20-17(26)7-10-22-18(27)14-5-1-2-6-15(14)23-19(28)16-8-11-25(24-16)13-4-3-9-21-12-13;/h1-2,5-6,8,11,13,21H,3-4,7,9-10,12H2,(H2,20,26)(H,22,27)(H,23,28);1H. The van der Waals surface area contributed by atoms with Gasteiger partial charge in [-0.2, -0.15) is 5.10 Å². The molecule has 0 radical (unpaired) electrons. The second kappa shape index (κ2) is 10.6. The van der Waals surface area contributed by atoms with Crippen LogP contribution in [0, 0.1) is 0 Å². The maximum Gasteiger partial charge on any atom is 0.276 e. The second-order valence-electron chi connectivity index (χ2n) is 6.65. The van der Waals surface area contributed by atoms with Crippen LogP contribution in [0.3, 0.4) is 0 Å². The molecule has 2 aromatic rings. The monoisotopic (exact) mass is 420 g/mol. The highest BCUT2D eigenvalue weighted by atomic mass is 35.5. The molecule has 1 aliphatic rings. The maximum atomic E-state index is 12.6. The number of nitrogens with two attached hydrogens (primary N) is 1. The Hall–Kier alpha value is -2.91. The van der Waals surface area contributed by atoms with E-state index in [1.165, 1.54) is 0 Å². The number of hydrogen-bond donors (Lipinski definition) is 4. The number of carbonyl (C=O) groups is 3. The first-order valence-electron chi connectivity index (χ1n) is 9.27. The van der Waals surface area contributed by atoms with Crippen LogP contribution in [0.25, 0.3) is 0 Å². The van der Waals surface area contributed by atoms with Gasteiger partial charge in [-0.3, -0.25) is 19.1 Å². The number of piperidine rings is 1. The molecule has 1 fully saturated rings. The SMILES string of the molecule is Cl.NC(=O)CCNC(=O)c1ccccc1NC(=O)c1ccn(C2CCCNC2)n1. The Balaban J connectivity index is 0.00000300. The Kier molecular flexibility index (Phi) is 8.17. The van der Waals surface area contributed by atoms with Crippen molar-refractivity contribution in [3.05, 3.63) is 47.8 Å². The normalized spacial score (nSPS) is 15.8. The molecule has 3 amide bonds. The van der Waals surface area contributed by atoms with Gasteiger partial charge in [0.25, 0.3) is 11.8 Å². The van der Waals surface area contributed by atoms with Gasteiger partial charge in [0.15, 0.2) is 5.69 Å². The molecule has 5 N–H and O–H groups in total. The third kappa shape index (κ3) is 6.03. The molecule has 9 nitrogen and oxygen atoms in total. The number of carbonyl (C=O) groups excluding carboxylic acids is 3. The molecule has 1 aromatic heterocycles. The van der Waals surface area contributed by atoms with Crippen molar-refractivity contribution in [2.45, 2.75) is 25.3 Å². The van der Waals surface area contributed by atoms with E-state index < -0.39 is 11.8 Å². The molecule has 10 heteroatoms. The summed E-state index contributed by atoms with van der Waals surface area (Å²) in [6, 6.07) is 8.56. The summed E-state index contributed by atoms with van der Waals surface area (Å²) in [7, 11) is 0. The van der Waals surface area contributed by atoms with Crippen LogP contribution in [0.4, 0.5) is 5.69 Å². The fraction of sp³-hybridized carbons (Fsp3) is 0.368. The van der Waals surface area contributed by atoms with Crippen molar-refractivity contribution in [2.75, 3.05) is 25.0 Å². The summed E-state index contributed by atoms with van der Waals surface area (Å²) in [6.45, 7) is 1.97. The van der Waals surface area contributed by atoms with E-state index >= 15 is 0 Å². The molecule has 29 heavy (non-hydrogen) atoms. The smallest absolute Gasteiger partial charge is 0.276 e. The van der Waals surface area contributed by atoms with Gasteiger partial charge in [0.2, 0.25) is 5.91 Å². The lowest BCUT2D eigenvalue weighted by Crippen LogP contribution is -2.32. The predicted octanol–water partition coefficient (Wildman–Crippen LogP) is 1.09. The molecule has 1 unspecified atom stereocenters. The summed E-state index contributed by atoms with van der Waals surface area (Å²) in [5.41, 5.74) is 6.04. The molecule has 156 valence electrons. The van der Waals surface area contributed by atoms with Gasteiger partial charge in [0, 0.05) is 25.7 Å². The van der Waals surface area contributed by atoms with Gasteiger partial charge in [0.1, 0.15) is 0 Å². The zero-order valence-electron chi connectivity index (χ0n) is 15.9. The van der Waals surface area contributed by atoms with E-state index in [0.717, 1.165) is 25.9 Å². The van der Waals surface area contributed by atoms with Crippen LogP contribution in [0.2, 0.25) is 0 Å². The minimum Gasteiger partial charge on any atom is -0.370 e. The van der Waals surface area contributed by atoms with Crippen LogP contribution >= 0.6 is 12.4 Å². The van der Waals surface area contributed by atoms with Crippen molar-refractivity contribution in [1.29, 1.82) is 0 Å². The Bertz CT molecular complexity index is 863. The van der Waals surface area contributed by atoms with Crippen molar-refractivity contribution >= 4 is 35.8 Å². The van der Waals surface area contributed by atoms with Gasteiger partial charge < -0.3 is 21.7 Å². The summed E-state index contributed by atoms with van der Waals surface area (Å²) in [5.74, 6) is -1.28. The molecule has 1 aliphatic heterocycles. The van der Waals surface area contributed by atoms with Crippen molar-refractivity contribution in [3.63, 3.8) is 0 Å². The van der Waals surface area contributed by atoms with Crippen molar-refractivity contribution in [2.24, 2.45) is 5.73 Å². The van der Waals surface area contributed by atoms with E-state index in [1.54, 1.807) is 36.5 Å². The first-order valence-corrected chi connectivity index (χ1v) is 9.27. The molecule has 0 aliphatic carbocycles. The molecule has 0 bridgehead atoms. The third-order valence-electron chi connectivity index (χ3n) is 4.56. The van der Waals surface area contributed by atoms with Crippen molar-refractivity contribution < 1.29 is 14.4 Å². The Morgan fingerprint density at radius 3 is 2.72 bits per heavy atom. The average molecular weight is 421 g/mol. The predicted molar refractivity (Wildman–Crippen MR) is 111 cm³/mol. The van der Waals surface area contributed by atoms with Crippen LogP contribution in [0.15, 0.2) is 36.5 Å². The maximum absolute atomic E-state index is 12.6. The lowest BCUT2D eigenvalue weighted by atomic mass is 10.1. The number of anilines is 1. The number of para-hydroxylation sites is 1. The zero-order chi connectivity index (χ0) is 19.9. The van der Waals surface area contributed by atoms with Crippen molar-refractivity contribution in [3.8, 4) is 0 Å². The molecule has 1 aromatic carbocycles. The van der Waals surface area contributed by atoms with Gasteiger partial charge in [-0.15, -0.1) is 12.4 Å². The van der Waals surface area contributed by atoms with Crippen LogP contribution < -0.4 is 21.7 Å². The highest BCUT2D eigenvalue weighted by Gasteiger charge is 2.19. The number of nitrogens with zero attached hydrogens (tertiary/aromatic N) is 2. The van der Waals surface area contributed by atoms with E-state index in [-0.39, 0.29) is 43.0 Å². The Morgan fingerprint density at radius 2 is 2.00 bits per heavy atom. The average Bonchev–Trinajstić information content (AvgIpc) is 3.19. The highest BCUT2D eigenvalue weighted by molar-refractivity contribution is 6.08. The number of nitrogens with one attached hydrogen (secondary N) is 3. The van der Waals surface area contributed by atoms with Crippen LogP contribution in [0.5, 0.6) is 0 Å². The molecule has 1 saturated heterocycles. The molecule has 2 heterocycles. The van der Waals surface area contributed by atoms with Crippen molar-refractivity contribution in [1.82, 2.24) is 20.4 Å². The topological polar surface area (TPSA) is 131 Å². The van der Waals surface area contributed by atoms with E-state index in [0.29, 0.717) is 11.3 Å². The fourth-order valence-corrected chi connectivity index (χ4v) is 3.09. The van der Waals surface area contributed by atoms with Crippen LogP contribution in [0.1, 0.15) is 46.2 Å². The van der Waals surface area contributed by atoms with Crippen LogP contribution in [-0.4, -0.2) is 47.1 Å². The van der Waals surface area contributed by atoms with E-state index in [1.807, 2.05) is 4.68 Å². The van der Waals surface area contributed by atoms with Gasteiger partial charge in [-0.05, 0) is 37.6 Å². The third-order valence-corrected chi connectivity index (χ3v) is 4.56. The van der Waals surface area contributed by atoms with Crippen LogP contribution in [-0.2, 0) is 4.79 Å². The quantitative estimate of drug-likeness (QED) is 0.532. The summed E-state index contributed by atoms with van der Waals surface area (Å²) in [4.78, 5) is 35.7. The lowest BCUT2D eigenvalue weighted by molar-refractivity contribution is -0.117. The second-order valence-corrected chi connectivity index (χ2v) is 6.65.